The van der Waals surface area contributed by atoms with E-state index in [1.807, 2.05) is 6.92 Å². The van der Waals surface area contributed by atoms with E-state index in [2.05, 4.69) is 4.74 Å². The molecule has 0 aliphatic heterocycles. The van der Waals surface area contributed by atoms with Gasteiger partial charge in [-0.2, -0.15) is 0 Å². The fourth-order valence-corrected chi connectivity index (χ4v) is 1.19. The van der Waals surface area contributed by atoms with Crippen molar-refractivity contribution in [3.05, 3.63) is 11.6 Å². The molecule has 1 rings (SSSR count). The van der Waals surface area contributed by atoms with Crippen LogP contribution in [0.2, 0.25) is 0 Å². The third kappa shape index (κ3) is 1.72. The molecule has 0 bridgehead atoms. The van der Waals surface area contributed by atoms with Gasteiger partial charge in [0.25, 0.3) is 0 Å². The number of hydrogen-bond acceptors (Lipinski definition) is 3. The molecule has 12 heavy (non-hydrogen) atoms. The van der Waals surface area contributed by atoms with Crippen LogP contribution in [0.4, 0.5) is 0 Å². The number of ether oxygens (including phenoxy) is 1. The molecule has 0 saturated heterocycles. The lowest BCUT2D eigenvalue weighted by Gasteiger charge is -2.15. The third-order valence-corrected chi connectivity index (χ3v) is 2.10. The number of hydrogen-bond donors (Lipinski definition) is 0. The Bertz CT molecular complexity index is 240. The fourth-order valence-electron chi connectivity index (χ4n) is 1.19. The topological polar surface area (TPSA) is 43.4 Å². The molecular formula is C9H12O3. The molecule has 0 spiro atoms. The van der Waals surface area contributed by atoms with Crippen LogP contribution >= 0.6 is 0 Å². The average Bonchev–Trinajstić information content (AvgIpc) is 2.08. The Morgan fingerprint density at radius 1 is 1.67 bits per heavy atom. The molecule has 0 saturated carbocycles. The highest BCUT2D eigenvalue weighted by atomic mass is 16.5. The maximum atomic E-state index is 11.1. The van der Waals surface area contributed by atoms with Crippen LogP contribution in [0.1, 0.15) is 19.8 Å². The minimum Gasteiger partial charge on any atom is -0.466 e. The minimum absolute atomic E-state index is 0.0293. The van der Waals surface area contributed by atoms with E-state index in [0.29, 0.717) is 12.0 Å². The van der Waals surface area contributed by atoms with Gasteiger partial charge in [0.2, 0.25) is 0 Å². The smallest absolute Gasteiger partial charge is 0.333 e. The van der Waals surface area contributed by atoms with Gasteiger partial charge in [-0.25, -0.2) is 4.79 Å². The first kappa shape index (κ1) is 8.97. The fraction of sp³-hybridized carbons (Fsp3) is 0.556. The van der Waals surface area contributed by atoms with Crippen molar-refractivity contribution in [2.75, 3.05) is 7.11 Å². The molecule has 1 unspecified atom stereocenters. The first-order chi connectivity index (χ1) is 5.65. The Morgan fingerprint density at radius 3 is 2.83 bits per heavy atom. The van der Waals surface area contributed by atoms with Crippen molar-refractivity contribution >= 4 is 11.8 Å². The molecule has 3 nitrogen and oxygen atoms in total. The number of ketones is 1. The van der Waals surface area contributed by atoms with Crippen molar-refractivity contribution in [3.63, 3.8) is 0 Å². The van der Waals surface area contributed by atoms with Crippen molar-refractivity contribution in [2.45, 2.75) is 19.8 Å². The molecule has 0 fully saturated rings. The summed E-state index contributed by atoms with van der Waals surface area (Å²) >= 11 is 0. The van der Waals surface area contributed by atoms with Crippen molar-refractivity contribution in [3.8, 4) is 0 Å². The Balaban J connectivity index is 2.75. The standard InChI is InChI=1S/C9H12O3/c1-6-3-4-7(5-8(6)10)9(11)12-2/h5-6H,3-4H2,1-2H3. The lowest BCUT2D eigenvalue weighted by atomic mass is 9.90. The predicted molar refractivity (Wildman–Crippen MR) is 43.5 cm³/mol. The number of rotatable bonds is 1. The molecule has 1 aliphatic carbocycles. The number of carbonyl (C=O) groups excluding carboxylic acids is 2. The quantitative estimate of drug-likeness (QED) is 0.550. The summed E-state index contributed by atoms with van der Waals surface area (Å²) in [6, 6.07) is 0. The van der Waals surface area contributed by atoms with Gasteiger partial charge in [-0.15, -0.1) is 0 Å². The summed E-state index contributed by atoms with van der Waals surface area (Å²) in [5.41, 5.74) is 0.501. The zero-order chi connectivity index (χ0) is 9.14. The lowest BCUT2D eigenvalue weighted by Crippen LogP contribution is -2.18. The van der Waals surface area contributed by atoms with E-state index < -0.39 is 0 Å². The Kier molecular flexibility index (Phi) is 2.63. The molecule has 66 valence electrons. The molecule has 0 aromatic heterocycles. The van der Waals surface area contributed by atoms with Gasteiger partial charge >= 0.3 is 5.97 Å². The van der Waals surface area contributed by atoms with Crippen LogP contribution in [0.5, 0.6) is 0 Å². The Labute approximate surface area is 71.4 Å². The normalized spacial score (nSPS) is 23.3. The minimum atomic E-state index is -0.379. The van der Waals surface area contributed by atoms with Gasteiger partial charge in [0, 0.05) is 11.5 Å². The van der Waals surface area contributed by atoms with E-state index >= 15 is 0 Å². The number of methoxy groups -OCH3 is 1. The number of carbonyl (C=O) groups is 2. The summed E-state index contributed by atoms with van der Waals surface area (Å²) in [4.78, 5) is 22.1. The second-order valence-electron chi connectivity index (χ2n) is 3.00. The van der Waals surface area contributed by atoms with Crippen molar-refractivity contribution in [2.24, 2.45) is 5.92 Å². The molecule has 1 aliphatic rings. The third-order valence-electron chi connectivity index (χ3n) is 2.10. The second-order valence-corrected chi connectivity index (χ2v) is 3.00. The van der Waals surface area contributed by atoms with Crippen LogP contribution < -0.4 is 0 Å². The van der Waals surface area contributed by atoms with Crippen molar-refractivity contribution < 1.29 is 14.3 Å². The Morgan fingerprint density at radius 2 is 2.33 bits per heavy atom. The van der Waals surface area contributed by atoms with Crippen LogP contribution in [0.25, 0.3) is 0 Å². The second kappa shape index (κ2) is 3.52. The van der Waals surface area contributed by atoms with E-state index in [1.54, 1.807) is 0 Å². The first-order valence-corrected chi connectivity index (χ1v) is 3.98. The largest absolute Gasteiger partial charge is 0.466 e. The first-order valence-electron chi connectivity index (χ1n) is 3.98. The van der Waals surface area contributed by atoms with Crippen LogP contribution in [-0.2, 0) is 14.3 Å². The molecular weight excluding hydrogens is 156 g/mol. The molecule has 0 heterocycles. The number of allylic oxidation sites excluding steroid dienone is 1. The van der Waals surface area contributed by atoms with Gasteiger partial charge in [-0.3, -0.25) is 4.79 Å². The van der Waals surface area contributed by atoms with Crippen LogP contribution in [0.3, 0.4) is 0 Å². The highest BCUT2D eigenvalue weighted by Crippen LogP contribution is 2.20. The highest BCUT2D eigenvalue weighted by molar-refractivity contribution is 6.01. The lowest BCUT2D eigenvalue weighted by molar-refractivity contribution is -0.137. The number of esters is 1. The Hall–Kier alpha value is -1.12. The SMILES string of the molecule is COC(=O)C1=CC(=O)C(C)CC1. The monoisotopic (exact) mass is 168 g/mol. The average molecular weight is 168 g/mol. The van der Waals surface area contributed by atoms with E-state index in [1.165, 1.54) is 13.2 Å². The highest BCUT2D eigenvalue weighted by Gasteiger charge is 2.21. The van der Waals surface area contributed by atoms with Gasteiger partial charge in [-0.1, -0.05) is 6.92 Å². The van der Waals surface area contributed by atoms with Gasteiger partial charge in [0.05, 0.1) is 7.11 Å². The van der Waals surface area contributed by atoms with Crippen LogP contribution in [0, 0.1) is 5.92 Å². The maximum absolute atomic E-state index is 11.1. The molecule has 0 radical (unpaired) electrons. The molecule has 0 amide bonds. The summed E-state index contributed by atoms with van der Waals surface area (Å²) in [6.45, 7) is 1.87. The molecule has 0 N–H and O–H groups in total. The van der Waals surface area contributed by atoms with Crippen LogP contribution in [-0.4, -0.2) is 18.9 Å². The summed E-state index contributed by atoms with van der Waals surface area (Å²) in [5.74, 6) is -0.296. The molecule has 0 aromatic carbocycles. The summed E-state index contributed by atoms with van der Waals surface area (Å²) in [6.07, 6.45) is 2.80. The maximum Gasteiger partial charge on any atom is 0.333 e. The summed E-state index contributed by atoms with van der Waals surface area (Å²) < 4.78 is 4.51. The van der Waals surface area contributed by atoms with Crippen LogP contribution in [0.15, 0.2) is 11.6 Å². The summed E-state index contributed by atoms with van der Waals surface area (Å²) in [5, 5.41) is 0. The van der Waals surface area contributed by atoms with Crippen molar-refractivity contribution in [1.82, 2.24) is 0 Å². The van der Waals surface area contributed by atoms with Gasteiger partial charge < -0.3 is 4.74 Å². The van der Waals surface area contributed by atoms with Gasteiger partial charge in [-0.05, 0) is 18.9 Å². The van der Waals surface area contributed by atoms with E-state index in [4.69, 9.17) is 0 Å². The van der Waals surface area contributed by atoms with Gasteiger partial charge in [0.15, 0.2) is 5.78 Å². The van der Waals surface area contributed by atoms with E-state index in [9.17, 15) is 9.59 Å². The summed E-state index contributed by atoms with van der Waals surface area (Å²) in [7, 11) is 1.33. The van der Waals surface area contributed by atoms with Gasteiger partial charge in [0.1, 0.15) is 0 Å². The molecule has 1 atom stereocenters. The van der Waals surface area contributed by atoms with E-state index in [-0.39, 0.29) is 17.7 Å². The zero-order valence-corrected chi connectivity index (χ0v) is 7.29. The van der Waals surface area contributed by atoms with E-state index in [0.717, 1.165) is 6.42 Å². The van der Waals surface area contributed by atoms with Crippen molar-refractivity contribution in [1.29, 1.82) is 0 Å². The zero-order valence-electron chi connectivity index (χ0n) is 7.29. The predicted octanol–water partition coefficient (Wildman–Crippen LogP) is 1.08. The molecule has 0 aromatic rings. The molecule has 3 heteroatoms.